The van der Waals surface area contributed by atoms with Crippen LogP contribution in [0.3, 0.4) is 0 Å². The monoisotopic (exact) mass is 408 g/mol. The minimum Gasteiger partial charge on any atom is -0.491 e. The van der Waals surface area contributed by atoms with Crippen LogP contribution in [0, 0.1) is 17.6 Å². The summed E-state index contributed by atoms with van der Waals surface area (Å²) in [5.41, 5.74) is 0.378. The van der Waals surface area contributed by atoms with E-state index in [4.69, 9.17) is 14.2 Å². The Morgan fingerprint density at radius 2 is 1.90 bits per heavy atom. The highest BCUT2D eigenvalue weighted by Crippen LogP contribution is 2.34. The van der Waals surface area contributed by atoms with E-state index < -0.39 is 11.6 Å². The van der Waals surface area contributed by atoms with Gasteiger partial charge in [0.2, 0.25) is 5.82 Å². The topological polar surface area (TPSA) is 27.7 Å². The van der Waals surface area contributed by atoms with Gasteiger partial charge >= 0.3 is 0 Å². The van der Waals surface area contributed by atoms with Gasteiger partial charge in [-0.1, -0.05) is 12.1 Å². The molecule has 0 amide bonds. The first-order valence-electron chi connectivity index (χ1n) is 11.1. The second kappa shape index (κ2) is 11.1. The van der Waals surface area contributed by atoms with E-state index in [9.17, 15) is 8.78 Å². The lowest BCUT2D eigenvalue weighted by Gasteiger charge is -2.32. The summed E-state index contributed by atoms with van der Waals surface area (Å²) in [6.45, 7) is 6.84. The van der Waals surface area contributed by atoms with E-state index in [0.717, 1.165) is 38.0 Å². The Labute approximate surface area is 173 Å². The molecule has 1 saturated heterocycles. The molecule has 0 spiro atoms. The van der Waals surface area contributed by atoms with Crippen LogP contribution < -0.4 is 4.74 Å². The van der Waals surface area contributed by atoms with Crippen molar-refractivity contribution < 1.29 is 23.0 Å². The quantitative estimate of drug-likeness (QED) is 0.458. The van der Waals surface area contributed by atoms with Crippen molar-refractivity contribution in [3.63, 3.8) is 0 Å². The zero-order valence-electron chi connectivity index (χ0n) is 17.5. The second-order valence-electron chi connectivity index (χ2n) is 8.29. The summed E-state index contributed by atoms with van der Waals surface area (Å²) in [6, 6.07) is 3.14. The van der Waals surface area contributed by atoms with Gasteiger partial charge in [0.05, 0.1) is 32.0 Å². The molecule has 1 saturated carbocycles. The molecule has 0 radical (unpaired) electrons. The van der Waals surface area contributed by atoms with E-state index >= 15 is 0 Å². The Hall–Kier alpha value is -1.46. The largest absolute Gasteiger partial charge is 0.491 e. The fraction of sp³-hybridized carbons (Fsp3) is 0.667. The number of allylic oxidation sites excluding steroid dienone is 1. The van der Waals surface area contributed by atoms with Crippen molar-refractivity contribution >= 4 is 0 Å². The molecule has 0 N–H and O–H groups in total. The first-order chi connectivity index (χ1) is 14.1. The van der Waals surface area contributed by atoms with Gasteiger partial charge in [0.25, 0.3) is 0 Å². The Balaban J connectivity index is 1.41. The van der Waals surface area contributed by atoms with E-state index in [1.165, 1.54) is 25.3 Å². The molecule has 0 aromatic heterocycles. The molecule has 162 valence electrons. The molecule has 0 bridgehead atoms. The van der Waals surface area contributed by atoms with Gasteiger partial charge in [0, 0.05) is 5.92 Å². The zero-order chi connectivity index (χ0) is 20.6. The van der Waals surface area contributed by atoms with Crippen molar-refractivity contribution in [1.82, 2.24) is 0 Å². The highest BCUT2D eigenvalue weighted by Gasteiger charge is 2.28. The van der Waals surface area contributed by atoms with Crippen molar-refractivity contribution in [2.75, 3.05) is 19.8 Å². The Kier molecular flexibility index (Phi) is 8.49. The first-order valence-corrected chi connectivity index (χ1v) is 11.1. The van der Waals surface area contributed by atoms with Gasteiger partial charge in [-0.25, -0.2) is 4.39 Å². The molecule has 1 aliphatic heterocycles. The average Bonchev–Trinajstić information content (AvgIpc) is 2.75. The van der Waals surface area contributed by atoms with Gasteiger partial charge < -0.3 is 14.2 Å². The highest BCUT2D eigenvalue weighted by atomic mass is 19.2. The van der Waals surface area contributed by atoms with Crippen LogP contribution in [-0.2, 0) is 9.47 Å². The SMILES string of the molecule is C=CCCC1CCC(OCC2CCC(c3ccc(OCC)c(F)c3F)CO2)CC1. The standard InChI is InChI=1S/C24H34F2O3/c1-3-5-6-17-7-10-19(11-8-17)29-16-20-12-9-18(15-28-20)21-13-14-22(27-4-2)24(26)23(21)25/h3,13-14,17-20H,1,4-12,15-16H2,2H3. The molecule has 2 unspecified atom stereocenters. The lowest BCUT2D eigenvalue weighted by Crippen LogP contribution is -2.32. The number of halogens is 2. The van der Waals surface area contributed by atoms with E-state index in [1.54, 1.807) is 13.0 Å². The average molecular weight is 409 g/mol. The predicted octanol–water partition coefficient (Wildman–Crippen LogP) is 6.17. The number of hydrogen-bond donors (Lipinski definition) is 0. The normalized spacial score (nSPS) is 27.6. The third kappa shape index (κ3) is 6.02. The van der Waals surface area contributed by atoms with Crippen LogP contribution in [0.15, 0.2) is 24.8 Å². The van der Waals surface area contributed by atoms with E-state index in [2.05, 4.69) is 6.58 Å². The van der Waals surface area contributed by atoms with Crippen LogP contribution in [0.4, 0.5) is 8.78 Å². The molecule has 2 atom stereocenters. The highest BCUT2D eigenvalue weighted by molar-refractivity contribution is 5.33. The van der Waals surface area contributed by atoms with Crippen LogP contribution in [0.2, 0.25) is 0 Å². The summed E-state index contributed by atoms with van der Waals surface area (Å²) in [6.07, 6.45) is 11.0. The van der Waals surface area contributed by atoms with Crippen molar-refractivity contribution in [3.8, 4) is 5.75 Å². The van der Waals surface area contributed by atoms with Crippen LogP contribution in [0.25, 0.3) is 0 Å². The van der Waals surface area contributed by atoms with Crippen LogP contribution >= 0.6 is 0 Å². The summed E-state index contributed by atoms with van der Waals surface area (Å²) in [7, 11) is 0. The van der Waals surface area contributed by atoms with Crippen LogP contribution in [-0.4, -0.2) is 32.0 Å². The molecule has 2 fully saturated rings. The number of ether oxygens (including phenoxy) is 3. The smallest absolute Gasteiger partial charge is 0.200 e. The fourth-order valence-corrected chi connectivity index (χ4v) is 4.50. The van der Waals surface area contributed by atoms with Crippen molar-refractivity contribution in [1.29, 1.82) is 0 Å². The van der Waals surface area contributed by atoms with Crippen LogP contribution in [0.1, 0.15) is 69.8 Å². The molecule has 1 heterocycles. The minimum absolute atomic E-state index is 0.0315. The molecule has 1 aliphatic carbocycles. The molecular weight excluding hydrogens is 374 g/mol. The molecular formula is C24H34F2O3. The fourth-order valence-electron chi connectivity index (χ4n) is 4.50. The number of rotatable bonds is 9. The Morgan fingerprint density at radius 1 is 1.10 bits per heavy atom. The van der Waals surface area contributed by atoms with Crippen molar-refractivity contribution in [2.45, 2.75) is 76.4 Å². The van der Waals surface area contributed by atoms with Gasteiger partial charge in [-0.3, -0.25) is 0 Å². The molecule has 2 aliphatic rings. The van der Waals surface area contributed by atoms with E-state index in [1.807, 2.05) is 6.08 Å². The van der Waals surface area contributed by atoms with Gasteiger partial charge in [0.15, 0.2) is 11.6 Å². The van der Waals surface area contributed by atoms with Gasteiger partial charge in [0.1, 0.15) is 0 Å². The maximum absolute atomic E-state index is 14.4. The predicted molar refractivity (Wildman–Crippen MR) is 110 cm³/mol. The molecule has 3 rings (SSSR count). The summed E-state index contributed by atoms with van der Waals surface area (Å²) in [5, 5.41) is 0. The maximum Gasteiger partial charge on any atom is 0.200 e. The van der Waals surface area contributed by atoms with E-state index in [-0.39, 0.29) is 17.8 Å². The molecule has 1 aromatic carbocycles. The minimum atomic E-state index is -0.904. The van der Waals surface area contributed by atoms with Gasteiger partial charge in [-0.05, 0) is 75.8 Å². The van der Waals surface area contributed by atoms with E-state index in [0.29, 0.717) is 31.5 Å². The summed E-state index contributed by atoms with van der Waals surface area (Å²) < 4.78 is 45.7. The zero-order valence-corrected chi connectivity index (χ0v) is 17.5. The van der Waals surface area contributed by atoms with Gasteiger partial charge in [-0.2, -0.15) is 4.39 Å². The van der Waals surface area contributed by atoms with Crippen LogP contribution in [0.5, 0.6) is 5.75 Å². The van der Waals surface area contributed by atoms with Crippen molar-refractivity contribution in [2.24, 2.45) is 5.92 Å². The summed E-state index contributed by atoms with van der Waals surface area (Å²) in [5.74, 6) is -1.07. The lowest BCUT2D eigenvalue weighted by atomic mass is 9.84. The first kappa shape index (κ1) is 22.2. The second-order valence-corrected chi connectivity index (χ2v) is 8.29. The molecule has 1 aromatic rings. The molecule has 3 nitrogen and oxygen atoms in total. The Morgan fingerprint density at radius 3 is 2.55 bits per heavy atom. The molecule has 29 heavy (non-hydrogen) atoms. The Bertz CT molecular complexity index is 648. The third-order valence-electron chi connectivity index (χ3n) is 6.28. The van der Waals surface area contributed by atoms with Crippen molar-refractivity contribution in [3.05, 3.63) is 42.0 Å². The molecule has 5 heteroatoms. The maximum atomic E-state index is 14.4. The third-order valence-corrected chi connectivity index (χ3v) is 6.28. The van der Waals surface area contributed by atoms with Gasteiger partial charge in [-0.15, -0.1) is 6.58 Å². The number of hydrogen-bond acceptors (Lipinski definition) is 3. The lowest BCUT2D eigenvalue weighted by molar-refractivity contribution is -0.0780. The summed E-state index contributed by atoms with van der Waals surface area (Å²) in [4.78, 5) is 0. The number of benzene rings is 1. The summed E-state index contributed by atoms with van der Waals surface area (Å²) >= 11 is 0.